The first kappa shape index (κ1) is 13.8. The van der Waals surface area contributed by atoms with Crippen molar-refractivity contribution in [2.24, 2.45) is 0 Å². The van der Waals surface area contributed by atoms with Crippen LogP contribution in [0.25, 0.3) is 0 Å². The zero-order valence-electron chi connectivity index (χ0n) is 9.33. The van der Waals surface area contributed by atoms with E-state index >= 15 is 0 Å². The largest absolute Gasteiger partial charge is 0.376 e. The van der Waals surface area contributed by atoms with Gasteiger partial charge in [0.25, 0.3) is 0 Å². The average molecular weight is 209 g/mol. The Hall–Kier alpha value is -0.240. The molecule has 0 aromatic rings. The third-order valence-corrected chi connectivity index (χ3v) is 1.68. The van der Waals surface area contributed by atoms with Crippen LogP contribution >= 0.6 is 0 Å². The molecule has 0 heterocycles. The smallest absolute Gasteiger partial charge is 0.323 e. The van der Waals surface area contributed by atoms with E-state index in [-0.39, 0.29) is 12.8 Å². The molecule has 0 radical (unpaired) electrons. The molecule has 86 valence electrons. The predicted molar refractivity (Wildman–Crippen MR) is 49.3 cm³/mol. The van der Waals surface area contributed by atoms with Gasteiger partial charge in [0.1, 0.15) is 12.8 Å². The summed E-state index contributed by atoms with van der Waals surface area (Å²) >= 11 is 0. The minimum Gasteiger partial charge on any atom is -0.376 e. The molecule has 1 unspecified atom stereocenters. The van der Waals surface area contributed by atoms with Gasteiger partial charge in [-0.15, -0.1) is 0 Å². The van der Waals surface area contributed by atoms with Gasteiger partial charge in [0.15, 0.2) is 0 Å². The van der Waals surface area contributed by atoms with E-state index in [0.717, 1.165) is 0 Å². The summed E-state index contributed by atoms with van der Waals surface area (Å²) in [5.41, 5.74) is 2.61. The quantitative estimate of drug-likeness (QED) is 0.452. The van der Waals surface area contributed by atoms with E-state index in [1.807, 2.05) is 0 Å². The van der Waals surface area contributed by atoms with Crippen molar-refractivity contribution in [2.75, 3.05) is 35.0 Å². The number of rotatable bonds is 8. The lowest BCUT2D eigenvalue weighted by molar-refractivity contribution is -0.403. The van der Waals surface area contributed by atoms with Crippen LogP contribution in [-0.4, -0.2) is 47.2 Å². The average Bonchev–Trinajstić information content (AvgIpc) is 2.24. The summed E-state index contributed by atoms with van der Waals surface area (Å²) in [7, 11) is 6.00. The van der Waals surface area contributed by atoms with Crippen molar-refractivity contribution in [3.05, 3.63) is 0 Å². The monoisotopic (exact) mass is 209 g/mol. The molecule has 0 aromatic carbocycles. The van der Waals surface area contributed by atoms with Crippen LogP contribution in [0.5, 0.6) is 0 Å². The highest BCUT2D eigenvalue weighted by Gasteiger charge is 2.32. The van der Waals surface area contributed by atoms with Gasteiger partial charge in [-0.05, 0) is 6.92 Å². The molecular formula is C8H19NO5. The van der Waals surface area contributed by atoms with Crippen LogP contribution in [0.1, 0.15) is 6.92 Å². The summed E-state index contributed by atoms with van der Waals surface area (Å²) < 4.78 is 19.9. The SMILES string of the molecule is COCC(OC)(OC)ONC(C)OC. The topological polar surface area (TPSA) is 58.2 Å². The second-order valence-corrected chi connectivity index (χ2v) is 2.62. The van der Waals surface area contributed by atoms with Crippen LogP contribution in [0.2, 0.25) is 0 Å². The third-order valence-electron chi connectivity index (χ3n) is 1.68. The molecule has 0 saturated heterocycles. The molecule has 0 aromatic heterocycles. The summed E-state index contributed by atoms with van der Waals surface area (Å²) in [6, 6.07) is 0. The van der Waals surface area contributed by atoms with Gasteiger partial charge >= 0.3 is 5.97 Å². The lowest BCUT2D eigenvalue weighted by Gasteiger charge is -2.30. The molecule has 6 nitrogen and oxygen atoms in total. The van der Waals surface area contributed by atoms with Gasteiger partial charge in [0, 0.05) is 28.4 Å². The normalized spacial score (nSPS) is 14.4. The van der Waals surface area contributed by atoms with Crippen LogP contribution in [-0.2, 0) is 23.8 Å². The minimum atomic E-state index is -1.25. The molecular weight excluding hydrogens is 190 g/mol. The van der Waals surface area contributed by atoms with Gasteiger partial charge in [-0.1, -0.05) is 0 Å². The Balaban J connectivity index is 4.06. The molecule has 0 spiro atoms. The van der Waals surface area contributed by atoms with Crippen molar-refractivity contribution in [3.63, 3.8) is 0 Å². The van der Waals surface area contributed by atoms with E-state index in [1.54, 1.807) is 14.0 Å². The van der Waals surface area contributed by atoms with E-state index < -0.39 is 5.97 Å². The molecule has 0 fully saturated rings. The van der Waals surface area contributed by atoms with Crippen molar-refractivity contribution in [1.82, 2.24) is 5.48 Å². The second kappa shape index (κ2) is 7.10. The van der Waals surface area contributed by atoms with Crippen molar-refractivity contribution in [3.8, 4) is 0 Å². The zero-order valence-corrected chi connectivity index (χ0v) is 9.33. The summed E-state index contributed by atoms with van der Waals surface area (Å²) in [4.78, 5) is 5.18. The highest BCUT2D eigenvalue weighted by atomic mass is 16.9. The standard InChI is InChI=1S/C8H19NO5/c1-7(11-3)9-14-8(12-4,13-5)6-10-2/h7,9H,6H2,1-5H3. The first-order valence-corrected chi connectivity index (χ1v) is 4.19. The van der Waals surface area contributed by atoms with Crippen LogP contribution < -0.4 is 5.48 Å². The van der Waals surface area contributed by atoms with Crippen molar-refractivity contribution < 1.29 is 23.8 Å². The van der Waals surface area contributed by atoms with E-state index in [9.17, 15) is 0 Å². The molecule has 6 heteroatoms. The maximum Gasteiger partial charge on any atom is 0.323 e. The van der Waals surface area contributed by atoms with E-state index in [2.05, 4.69) is 5.48 Å². The Bertz CT molecular complexity index is 140. The Morgan fingerprint density at radius 1 is 1.14 bits per heavy atom. The van der Waals surface area contributed by atoms with Crippen molar-refractivity contribution in [1.29, 1.82) is 0 Å². The number of hydroxylamine groups is 1. The number of ether oxygens (including phenoxy) is 4. The van der Waals surface area contributed by atoms with Gasteiger partial charge in [-0.3, -0.25) is 0 Å². The molecule has 0 aliphatic rings. The van der Waals surface area contributed by atoms with Gasteiger partial charge in [-0.2, -0.15) is 5.48 Å². The second-order valence-electron chi connectivity index (χ2n) is 2.62. The highest BCUT2D eigenvalue weighted by molar-refractivity contribution is 4.52. The molecule has 0 saturated carbocycles. The highest BCUT2D eigenvalue weighted by Crippen LogP contribution is 2.12. The van der Waals surface area contributed by atoms with E-state index in [0.29, 0.717) is 0 Å². The fraction of sp³-hybridized carbons (Fsp3) is 1.00. The Morgan fingerprint density at radius 3 is 2.07 bits per heavy atom. The molecule has 0 aliphatic heterocycles. The first-order chi connectivity index (χ1) is 6.64. The summed E-state index contributed by atoms with van der Waals surface area (Å²) in [5.74, 6) is -1.25. The van der Waals surface area contributed by atoms with Gasteiger partial charge in [0.05, 0.1) is 0 Å². The predicted octanol–water partition coefficient (Wildman–Crippen LogP) is 0.0930. The molecule has 0 amide bonds. The van der Waals surface area contributed by atoms with Crippen LogP contribution in [0.15, 0.2) is 0 Å². The molecule has 0 rings (SSSR count). The number of nitrogens with one attached hydrogen (secondary N) is 1. The number of hydrogen-bond acceptors (Lipinski definition) is 6. The summed E-state index contributed by atoms with van der Waals surface area (Å²) in [6.45, 7) is 1.92. The molecule has 0 bridgehead atoms. The maximum atomic E-state index is 5.18. The van der Waals surface area contributed by atoms with Gasteiger partial charge in [0.2, 0.25) is 0 Å². The fourth-order valence-corrected chi connectivity index (χ4v) is 0.712. The molecule has 1 atom stereocenters. The van der Waals surface area contributed by atoms with Crippen molar-refractivity contribution in [2.45, 2.75) is 19.1 Å². The lowest BCUT2D eigenvalue weighted by atomic mass is 10.6. The molecule has 1 N–H and O–H groups in total. The summed E-state index contributed by atoms with van der Waals surface area (Å²) in [5, 5.41) is 0. The minimum absolute atomic E-state index is 0.142. The molecule has 14 heavy (non-hydrogen) atoms. The number of hydrogen-bond donors (Lipinski definition) is 1. The third kappa shape index (κ3) is 4.32. The Labute approximate surface area is 84.4 Å². The van der Waals surface area contributed by atoms with Gasteiger partial charge in [-0.25, -0.2) is 4.84 Å². The van der Waals surface area contributed by atoms with Crippen LogP contribution in [0.3, 0.4) is 0 Å². The molecule has 0 aliphatic carbocycles. The lowest BCUT2D eigenvalue weighted by Crippen LogP contribution is -2.48. The fourth-order valence-electron chi connectivity index (χ4n) is 0.712. The maximum absolute atomic E-state index is 5.18. The van der Waals surface area contributed by atoms with Crippen LogP contribution in [0, 0.1) is 0 Å². The van der Waals surface area contributed by atoms with E-state index in [1.165, 1.54) is 21.3 Å². The Kier molecular flexibility index (Phi) is 6.98. The Morgan fingerprint density at radius 2 is 1.71 bits per heavy atom. The first-order valence-electron chi connectivity index (χ1n) is 4.19. The summed E-state index contributed by atoms with van der Waals surface area (Å²) in [6.07, 6.45) is -0.267. The van der Waals surface area contributed by atoms with Gasteiger partial charge < -0.3 is 18.9 Å². The van der Waals surface area contributed by atoms with Crippen molar-refractivity contribution >= 4 is 0 Å². The van der Waals surface area contributed by atoms with Crippen LogP contribution in [0.4, 0.5) is 0 Å². The number of methoxy groups -OCH3 is 4. The van der Waals surface area contributed by atoms with E-state index in [4.69, 9.17) is 23.8 Å². The zero-order chi connectivity index (χ0) is 11.0.